The van der Waals surface area contributed by atoms with Gasteiger partial charge in [0.25, 0.3) is 0 Å². The number of esters is 2. The molecular formula is C22H28O5. The van der Waals surface area contributed by atoms with Crippen molar-refractivity contribution in [2.75, 3.05) is 6.61 Å². The van der Waals surface area contributed by atoms with Crippen LogP contribution >= 0.6 is 0 Å². The number of hydrogen-bond donors (Lipinski definition) is 0. The van der Waals surface area contributed by atoms with Gasteiger partial charge in [-0.25, -0.2) is 0 Å². The molecule has 0 atom stereocenters. The molecule has 0 fully saturated rings. The summed E-state index contributed by atoms with van der Waals surface area (Å²) in [6, 6.07) is 8.93. The maximum absolute atomic E-state index is 12.5. The van der Waals surface area contributed by atoms with Crippen LogP contribution in [-0.4, -0.2) is 18.5 Å². The van der Waals surface area contributed by atoms with Gasteiger partial charge in [-0.2, -0.15) is 0 Å². The Kier molecular flexibility index (Phi) is 5.83. The fourth-order valence-corrected chi connectivity index (χ4v) is 2.24. The maximum Gasteiger partial charge on any atom is 0.316 e. The minimum absolute atomic E-state index is 0.336. The fourth-order valence-electron chi connectivity index (χ4n) is 2.24. The second-order valence-electron chi connectivity index (χ2n) is 8.46. The zero-order valence-corrected chi connectivity index (χ0v) is 17.1. The van der Waals surface area contributed by atoms with Crippen LogP contribution in [0.15, 0.2) is 30.3 Å². The Labute approximate surface area is 160 Å². The van der Waals surface area contributed by atoms with E-state index in [2.05, 4.69) is 0 Å². The molecule has 0 radical (unpaired) electrons. The zero-order chi connectivity index (χ0) is 20.4. The molecular weight excluding hydrogens is 344 g/mol. The van der Waals surface area contributed by atoms with Crippen LogP contribution in [0.2, 0.25) is 0 Å². The second-order valence-corrected chi connectivity index (χ2v) is 8.46. The third kappa shape index (κ3) is 4.79. The van der Waals surface area contributed by atoms with Gasteiger partial charge >= 0.3 is 11.9 Å². The molecule has 2 aromatic rings. The van der Waals surface area contributed by atoms with Crippen LogP contribution in [0.3, 0.4) is 0 Å². The van der Waals surface area contributed by atoms with Crippen LogP contribution in [0.1, 0.15) is 48.5 Å². The van der Waals surface area contributed by atoms with Gasteiger partial charge in [-0.15, -0.1) is 0 Å². The quantitative estimate of drug-likeness (QED) is 0.549. The molecule has 0 unspecified atom stereocenters. The highest BCUT2D eigenvalue weighted by molar-refractivity contribution is 5.98. The van der Waals surface area contributed by atoms with E-state index in [-0.39, 0.29) is 11.9 Å². The van der Waals surface area contributed by atoms with E-state index in [1.165, 1.54) is 0 Å². The van der Waals surface area contributed by atoms with Crippen LogP contribution in [-0.2, 0) is 9.59 Å². The van der Waals surface area contributed by atoms with E-state index < -0.39 is 10.8 Å². The van der Waals surface area contributed by atoms with Crippen LogP contribution in [0.5, 0.6) is 17.2 Å². The van der Waals surface area contributed by atoms with E-state index in [4.69, 9.17) is 14.2 Å². The van der Waals surface area contributed by atoms with Gasteiger partial charge in [0.1, 0.15) is 5.75 Å². The van der Waals surface area contributed by atoms with E-state index in [1.807, 2.05) is 31.2 Å². The Bertz CT molecular complexity index is 853. The molecule has 0 N–H and O–H groups in total. The molecule has 0 amide bonds. The third-order valence-corrected chi connectivity index (χ3v) is 3.85. The molecule has 0 bridgehead atoms. The summed E-state index contributed by atoms with van der Waals surface area (Å²) in [5.41, 5.74) is -1.31. The summed E-state index contributed by atoms with van der Waals surface area (Å²) < 4.78 is 17.0. The predicted octanol–water partition coefficient (Wildman–Crippen LogP) is 5.14. The molecule has 2 rings (SSSR count). The molecule has 0 saturated carbocycles. The Hall–Kier alpha value is -2.56. The average molecular weight is 372 g/mol. The molecule has 0 saturated heterocycles. The summed E-state index contributed by atoms with van der Waals surface area (Å²) in [4.78, 5) is 24.9. The number of fused-ring (bicyclic) bond motifs is 1. The lowest BCUT2D eigenvalue weighted by Gasteiger charge is -2.21. The molecule has 5 nitrogen and oxygen atoms in total. The van der Waals surface area contributed by atoms with E-state index in [1.54, 1.807) is 47.6 Å². The van der Waals surface area contributed by atoms with Crippen molar-refractivity contribution >= 4 is 22.7 Å². The van der Waals surface area contributed by atoms with Crippen LogP contribution in [0, 0.1) is 10.8 Å². The van der Waals surface area contributed by atoms with Gasteiger partial charge in [-0.1, -0.05) is 24.3 Å². The third-order valence-electron chi connectivity index (χ3n) is 3.85. The van der Waals surface area contributed by atoms with Gasteiger partial charge < -0.3 is 14.2 Å². The van der Waals surface area contributed by atoms with E-state index in [0.717, 1.165) is 0 Å². The molecule has 0 aromatic heterocycles. The van der Waals surface area contributed by atoms with Crippen LogP contribution < -0.4 is 14.2 Å². The van der Waals surface area contributed by atoms with E-state index >= 15 is 0 Å². The second kappa shape index (κ2) is 7.59. The van der Waals surface area contributed by atoms with Crippen LogP contribution in [0.25, 0.3) is 10.8 Å². The zero-order valence-electron chi connectivity index (χ0n) is 17.1. The minimum Gasteiger partial charge on any atom is -0.490 e. The average Bonchev–Trinajstić information content (AvgIpc) is 2.56. The van der Waals surface area contributed by atoms with Gasteiger partial charge in [-0.05, 0) is 48.5 Å². The first-order chi connectivity index (χ1) is 12.4. The molecule has 2 aromatic carbocycles. The maximum atomic E-state index is 12.5. The first-order valence-electron chi connectivity index (χ1n) is 9.08. The summed E-state index contributed by atoms with van der Waals surface area (Å²) in [6.45, 7) is 13.0. The van der Waals surface area contributed by atoms with Crippen molar-refractivity contribution in [1.82, 2.24) is 0 Å². The molecule has 0 heterocycles. The fraction of sp³-hybridized carbons (Fsp3) is 0.455. The first-order valence-corrected chi connectivity index (χ1v) is 9.08. The monoisotopic (exact) mass is 372 g/mol. The molecule has 0 aliphatic rings. The van der Waals surface area contributed by atoms with Gasteiger partial charge in [-0.3, -0.25) is 9.59 Å². The Morgan fingerprint density at radius 2 is 1.33 bits per heavy atom. The summed E-state index contributed by atoms with van der Waals surface area (Å²) in [5.74, 6) is 0.362. The Balaban J connectivity index is 2.63. The van der Waals surface area contributed by atoms with Crippen molar-refractivity contribution in [2.24, 2.45) is 10.8 Å². The molecule has 0 aliphatic carbocycles. The normalized spacial score (nSPS) is 12.0. The lowest BCUT2D eigenvalue weighted by molar-refractivity contribution is -0.143. The molecule has 0 aliphatic heterocycles. The van der Waals surface area contributed by atoms with E-state index in [9.17, 15) is 9.59 Å². The highest BCUT2D eigenvalue weighted by atomic mass is 16.6. The highest BCUT2D eigenvalue weighted by Gasteiger charge is 2.28. The number of carbonyl (C=O) groups is 2. The van der Waals surface area contributed by atoms with Crippen molar-refractivity contribution < 1.29 is 23.8 Å². The summed E-state index contributed by atoms with van der Waals surface area (Å²) in [5, 5.41) is 1.33. The lowest BCUT2D eigenvalue weighted by Crippen LogP contribution is -2.26. The number of carbonyl (C=O) groups excluding carboxylic acids is 2. The number of ether oxygens (including phenoxy) is 3. The number of hydrogen-bond acceptors (Lipinski definition) is 5. The number of benzene rings is 2. The number of rotatable bonds is 4. The summed E-state index contributed by atoms with van der Waals surface area (Å²) in [6.07, 6.45) is 0. The summed E-state index contributed by atoms with van der Waals surface area (Å²) >= 11 is 0. The van der Waals surface area contributed by atoms with E-state index in [0.29, 0.717) is 34.6 Å². The first kappa shape index (κ1) is 20.7. The van der Waals surface area contributed by atoms with Gasteiger partial charge in [0.05, 0.1) is 17.4 Å². The van der Waals surface area contributed by atoms with Crippen molar-refractivity contribution in [2.45, 2.75) is 48.5 Å². The largest absolute Gasteiger partial charge is 0.490 e. The highest BCUT2D eigenvalue weighted by Crippen LogP contribution is 2.43. The summed E-state index contributed by atoms with van der Waals surface area (Å²) in [7, 11) is 0. The molecule has 5 heteroatoms. The smallest absolute Gasteiger partial charge is 0.316 e. The topological polar surface area (TPSA) is 61.8 Å². The standard InChI is InChI=1S/C22H28O5/c1-8-25-17-13-16(26-19(23)21(2,3)4)14-11-9-10-12-15(14)18(17)27-20(24)22(5,6)7/h9-13H,8H2,1-7H3. The van der Waals surface area contributed by atoms with Crippen molar-refractivity contribution in [3.63, 3.8) is 0 Å². The Morgan fingerprint density at radius 1 is 0.815 bits per heavy atom. The van der Waals surface area contributed by atoms with Crippen LogP contribution in [0.4, 0.5) is 0 Å². The molecule has 146 valence electrons. The van der Waals surface area contributed by atoms with Crippen molar-refractivity contribution in [3.8, 4) is 17.2 Å². The van der Waals surface area contributed by atoms with Gasteiger partial charge in [0, 0.05) is 16.8 Å². The predicted molar refractivity (Wildman–Crippen MR) is 105 cm³/mol. The minimum atomic E-state index is -0.665. The molecule has 0 spiro atoms. The molecule has 27 heavy (non-hydrogen) atoms. The van der Waals surface area contributed by atoms with Gasteiger partial charge in [0.2, 0.25) is 0 Å². The SMILES string of the molecule is CCOc1cc(OC(=O)C(C)(C)C)c2ccccc2c1OC(=O)C(C)(C)C. The Morgan fingerprint density at radius 3 is 1.85 bits per heavy atom. The van der Waals surface area contributed by atoms with Crippen molar-refractivity contribution in [1.29, 1.82) is 0 Å². The van der Waals surface area contributed by atoms with Crippen molar-refractivity contribution in [3.05, 3.63) is 30.3 Å². The van der Waals surface area contributed by atoms with Gasteiger partial charge in [0.15, 0.2) is 11.5 Å². The lowest BCUT2D eigenvalue weighted by atomic mass is 9.97.